The number of amides is 1. The van der Waals surface area contributed by atoms with E-state index in [0.717, 1.165) is 5.75 Å². The molecule has 1 amide bonds. The molecule has 0 aliphatic carbocycles. The van der Waals surface area contributed by atoms with Crippen LogP contribution in [0.1, 0.15) is 12.5 Å². The normalized spacial score (nSPS) is 11.6. The van der Waals surface area contributed by atoms with Crippen molar-refractivity contribution in [2.45, 2.75) is 20.0 Å². The van der Waals surface area contributed by atoms with E-state index in [1.807, 2.05) is 31.2 Å². The van der Waals surface area contributed by atoms with Crippen LogP contribution in [0.25, 0.3) is 0 Å². The molecule has 1 unspecified atom stereocenters. The third-order valence-electron chi connectivity index (χ3n) is 3.19. The lowest BCUT2D eigenvalue weighted by Crippen LogP contribution is -2.38. The van der Waals surface area contributed by atoms with Gasteiger partial charge in [-0.25, -0.2) is 0 Å². The lowest BCUT2D eigenvalue weighted by molar-refractivity contribution is -0.127. The number of benzene rings is 2. The van der Waals surface area contributed by atoms with Crippen LogP contribution in [0.3, 0.4) is 0 Å². The topological polar surface area (TPSA) is 47.6 Å². The summed E-state index contributed by atoms with van der Waals surface area (Å²) in [6.07, 6.45) is -0.587. The van der Waals surface area contributed by atoms with E-state index in [0.29, 0.717) is 23.9 Å². The highest BCUT2D eigenvalue weighted by Crippen LogP contribution is 2.16. The van der Waals surface area contributed by atoms with Gasteiger partial charge in [0.2, 0.25) is 0 Å². The van der Waals surface area contributed by atoms with Gasteiger partial charge in [0.1, 0.15) is 18.1 Å². The van der Waals surface area contributed by atoms with Gasteiger partial charge >= 0.3 is 0 Å². The molecule has 23 heavy (non-hydrogen) atoms. The van der Waals surface area contributed by atoms with Crippen molar-refractivity contribution in [3.8, 4) is 11.5 Å². The number of carbonyl (C=O) groups excluding carboxylic acids is 1. The lowest BCUT2D eigenvalue weighted by Gasteiger charge is -2.15. The molecule has 4 nitrogen and oxygen atoms in total. The minimum atomic E-state index is -0.587. The zero-order valence-corrected chi connectivity index (χ0v) is 14.0. The van der Waals surface area contributed by atoms with E-state index in [1.54, 1.807) is 31.2 Å². The van der Waals surface area contributed by atoms with E-state index in [4.69, 9.17) is 21.1 Å². The summed E-state index contributed by atoms with van der Waals surface area (Å²) in [4.78, 5) is 12.0. The summed E-state index contributed by atoms with van der Waals surface area (Å²) in [6, 6.07) is 14.7. The molecule has 2 aromatic carbocycles. The maximum Gasteiger partial charge on any atom is 0.260 e. The van der Waals surface area contributed by atoms with Crippen LogP contribution in [0.2, 0.25) is 5.02 Å². The van der Waals surface area contributed by atoms with Crippen LogP contribution >= 0.6 is 11.6 Å². The first-order valence-corrected chi connectivity index (χ1v) is 7.82. The molecule has 1 N–H and O–H groups in total. The van der Waals surface area contributed by atoms with Crippen molar-refractivity contribution >= 4 is 17.5 Å². The minimum Gasteiger partial charge on any atom is -0.492 e. The second-order valence-electron chi connectivity index (χ2n) is 5.17. The number of rotatable bonds is 7. The van der Waals surface area contributed by atoms with Gasteiger partial charge in [0.05, 0.1) is 6.54 Å². The summed E-state index contributed by atoms with van der Waals surface area (Å²) in [6.45, 7) is 4.54. The highest BCUT2D eigenvalue weighted by molar-refractivity contribution is 6.30. The number of nitrogens with one attached hydrogen (secondary N) is 1. The fourth-order valence-electron chi connectivity index (χ4n) is 1.89. The molecule has 0 fully saturated rings. The third-order valence-corrected chi connectivity index (χ3v) is 3.44. The highest BCUT2D eigenvalue weighted by Gasteiger charge is 2.13. The summed E-state index contributed by atoms with van der Waals surface area (Å²) in [5.41, 5.74) is 1.18. The van der Waals surface area contributed by atoms with Crippen LogP contribution < -0.4 is 14.8 Å². The molecule has 0 saturated carbocycles. The maximum atomic E-state index is 12.0. The molecule has 0 aromatic heterocycles. The van der Waals surface area contributed by atoms with Gasteiger partial charge < -0.3 is 14.8 Å². The van der Waals surface area contributed by atoms with E-state index < -0.39 is 6.10 Å². The predicted octanol–water partition coefficient (Wildman–Crippen LogP) is 3.61. The number of aryl methyl sites for hydroxylation is 1. The summed E-state index contributed by atoms with van der Waals surface area (Å²) < 4.78 is 11.1. The Morgan fingerprint density at radius 3 is 2.35 bits per heavy atom. The van der Waals surface area contributed by atoms with E-state index in [1.165, 1.54) is 5.56 Å². The molecule has 1 atom stereocenters. The summed E-state index contributed by atoms with van der Waals surface area (Å²) in [5, 5.41) is 3.41. The quantitative estimate of drug-likeness (QED) is 0.787. The van der Waals surface area contributed by atoms with Gasteiger partial charge in [-0.2, -0.15) is 0 Å². The van der Waals surface area contributed by atoms with E-state index in [-0.39, 0.29) is 5.91 Å². The Labute approximate surface area is 141 Å². The third kappa shape index (κ3) is 5.83. The van der Waals surface area contributed by atoms with Gasteiger partial charge in [-0.1, -0.05) is 29.3 Å². The largest absolute Gasteiger partial charge is 0.492 e. The Morgan fingerprint density at radius 1 is 1.09 bits per heavy atom. The van der Waals surface area contributed by atoms with Crippen LogP contribution in [-0.2, 0) is 4.79 Å². The van der Waals surface area contributed by atoms with Crippen LogP contribution in [0.15, 0.2) is 48.5 Å². The molecule has 5 heteroatoms. The van der Waals surface area contributed by atoms with Gasteiger partial charge in [0.15, 0.2) is 6.10 Å². The van der Waals surface area contributed by atoms with E-state index in [2.05, 4.69) is 5.32 Å². The Balaban J connectivity index is 1.69. The Hall–Kier alpha value is -2.20. The van der Waals surface area contributed by atoms with Gasteiger partial charge in [0.25, 0.3) is 5.91 Å². The number of halogens is 1. The van der Waals surface area contributed by atoms with Crippen LogP contribution in [0, 0.1) is 6.92 Å². The van der Waals surface area contributed by atoms with E-state index >= 15 is 0 Å². The molecule has 0 spiro atoms. The molecular formula is C18H20ClNO3. The number of hydrogen-bond donors (Lipinski definition) is 1. The van der Waals surface area contributed by atoms with Crippen molar-refractivity contribution in [2.75, 3.05) is 13.2 Å². The summed E-state index contributed by atoms with van der Waals surface area (Å²) in [5.74, 6) is 1.20. The molecule has 0 radical (unpaired) electrons. The second kappa shape index (κ2) is 8.44. The lowest BCUT2D eigenvalue weighted by atomic mass is 10.2. The Morgan fingerprint density at radius 2 is 1.70 bits per heavy atom. The van der Waals surface area contributed by atoms with Crippen LogP contribution in [-0.4, -0.2) is 25.2 Å². The monoisotopic (exact) mass is 333 g/mol. The molecule has 2 rings (SSSR count). The fraction of sp³-hybridized carbons (Fsp3) is 0.278. The van der Waals surface area contributed by atoms with Crippen molar-refractivity contribution in [3.63, 3.8) is 0 Å². The van der Waals surface area contributed by atoms with Crippen molar-refractivity contribution < 1.29 is 14.3 Å². The zero-order chi connectivity index (χ0) is 16.7. The van der Waals surface area contributed by atoms with Gasteiger partial charge in [-0.3, -0.25) is 4.79 Å². The molecule has 0 heterocycles. The minimum absolute atomic E-state index is 0.188. The predicted molar refractivity (Wildman–Crippen MR) is 91.2 cm³/mol. The first-order chi connectivity index (χ1) is 11.0. The highest BCUT2D eigenvalue weighted by atomic mass is 35.5. The SMILES string of the molecule is Cc1ccc(OCCNC(=O)C(C)Oc2ccc(Cl)cc2)cc1. The first-order valence-electron chi connectivity index (χ1n) is 7.44. The van der Waals surface area contributed by atoms with Crippen LogP contribution in [0.4, 0.5) is 0 Å². The van der Waals surface area contributed by atoms with Crippen molar-refractivity contribution in [1.82, 2.24) is 5.32 Å². The first kappa shape index (κ1) is 17.2. The van der Waals surface area contributed by atoms with E-state index in [9.17, 15) is 4.79 Å². The smallest absolute Gasteiger partial charge is 0.260 e. The van der Waals surface area contributed by atoms with Gasteiger partial charge in [-0.15, -0.1) is 0 Å². The second-order valence-corrected chi connectivity index (χ2v) is 5.60. The molecule has 0 aliphatic heterocycles. The van der Waals surface area contributed by atoms with Gasteiger partial charge in [-0.05, 0) is 50.2 Å². The van der Waals surface area contributed by atoms with Crippen molar-refractivity contribution in [2.24, 2.45) is 0 Å². The summed E-state index contributed by atoms with van der Waals surface area (Å²) in [7, 11) is 0. The molecule has 0 saturated heterocycles. The maximum absolute atomic E-state index is 12.0. The molecule has 0 aliphatic rings. The molecule has 0 bridgehead atoms. The van der Waals surface area contributed by atoms with Crippen molar-refractivity contribution in [1.29, 1.82) is 0 Å². The summed E-state index contributed by atoms with van der Waals surface area (Å²) >= 11 is 5.81. The van der Waals surface area contributed by atoms with Crippen LogP contribution in [0.5, 0.6) is 11.5 Å². The fourth-order valence-corrected chi connectivity index (χ4v) is 2.02. The zero-order valence-electron chi connectivity index (χ0n) is 13.2. The van der Waals surface area contributed by atoms with Crippen molar-refractivity contribution in [3.05, 3.63) is 59.1 Å². The Kier molecular flexibility index (Phi) is 6.29. The Bertz CT molecular complexity index is 626. The molecule has 122 valence electrons. The average Bonchev–Trinajstić information content (AvgIpc) is 2.55. The standard InChI is InChI=1S/C18H20ClNO3/c1-13-3-7-16(8-4-13)22-12-11-20-18(21)14(2)23-17-9-5-15(19)6-10-17/h3-10,14H,11-12H2,1-2H3,(H,20,21). The number of ether oxygens (including phenoxy) is 2. The molecular weight excluding hydrogens is 314 g/mol. The number of hydrogen-bond acceptors (Lipinski definition) is 3. The number of carbonyl (C=O) groups is 1. The van der Waals surface area contributed by atoms with Gasteiger partial charge in [0, 0.05) is 5.02 Å². The average molecular weight is 334 g/mol. The molecule has 2 aromatic rings.